The van der Waals surface area contributed by atoms with Crippen LogP contribution in [-0.2, 0) is 17.8 Å². The van der Waals surface area contributed by atoms with E-state index in [1.165, 1.54) is 6.21 Å². The third-order valence-corrected chi connectivity index (χ3v) is 5.46. The van der Waals surface area contributed by atoms with Crippen molar-refractivity contribution in [3.05, 3.63) is 76.8 Å². The Hall–Kier alpha value is -2.67. The largest absolute Gasteiger partial charge is 0.507 e. The Labute approximate surface area is 182 Å². The van der Waals surface area contributed by atoms with Crippen molar-refractivity contribution in [3.63, 3.8) is 0 Å². The zero-order chi connectivity index (χ0) is 21.3. The molecule has 2 N–H and O–H groups in total. The monoisotopic (exact) mass is 426 g/mol. The molecule has 0 aromatic heterocycles. The second-order valence-electron chi connectivity index (χ2n) is 7.28. The normalized spacial score (nSPS) is 15.4. The fourth-order valence-electron chi connectivity index (χ4n) is 3.42. The Balaban J connectivity index is 1.43. The summed E-state index contributed by atoms with van der Waals surface area (Å²) < 4.78 is 0. The van der Waals surface area contributed by atoms with E-state index in [4.69, 9.17) is 11.6 Å². The van der Waals surface area contributed by atoms with E-state index in [0.717, 1.165) is 48.9 Å². The van der Waals surface area contributed by atoms with Crippen molar-refractivity contribution in [1.29, 1.82) is 0 Å². The number of hydrazone groups is 1. The number of halogens is 1. The lowest BCUT2D eigenvalue weighted by molar-refractivity contribution is -0.122. The molecule has 0 radical (unpaired) electrons. The van der Waals surface area contributed by atoms with Crippen LogP contribution in [0, 0.1) is 0 Å². The molecule has 0 aliphatic carbocycles. The van der Waals surface area contributed by atoms with Crippen molar-refractivity contribution in [2.45, 2.75) is 13.0 Å². The highest BCUT2D eigenvalue weighted by Gasteiger charge is 2.19. The quantitative estimate of drug-likeness (QED) is 0.387. The first-order chi connectivity index (χ1) is 14.6. The van der Waals surface area contributed by atoms with E-state index in [0.29, 0.717) is 18.5 Å². The number of hydrogen-bond donors (Lipinski definition) is 2. The van der Waals surface area contributed by atoms with Crippen LogP contribution >= 0.6 is 11.6 Å². The molecule has 0 unspecified atom stereocenters. The van der Waals surface area contributed by atoms with Gasteiger partial charge in [-0.15, -0.1) is 6.58 Å². The number of para-hydroxylation sites is 1. The summed E-state index contributed by atoms with van der Waals surface area (Å²) in [4.78, 5) is 16.6. The Morgan fingerprint density at radius 2 is 1.80 bits per heavy atom. The van der Waals surface area contributed by atoms with Gasteiger partial charge in [0.25, 0.3) is 5.91 Å². The molecule has 7 heteroatoms. The van der Waals surface area contributed by atoms with Crippen LogP contribution in [0.5, 0.6) is 5.75 Å². The first-order valence-electron chi connectivity index (χ1n) is 9.98. The van der Waals surface area contributed by atoms with Gasteiger partial charge in [0.1, 0.15) is 5.75 Å². The maximum absolute atomic E-state index is 12.2. The number of amides is 1. The van der Waals surface area contributed by atoms with Crippen molar-refractivity contribution in [2.24, 2.45) is 5.10 Å². The van der Waals surface area contributed by atoms with Gasteiger partial charge in [0.05, 0.1) is 12.8 Å². The van der Waals surface area contributed by atoms with Gasteiger partial charge in [0.15, 0.2) is 0 Å². The van der Waals surface area contributed by atoms with Gasteiger partial charge in [-0.3, -0.25) is 14.6 Å². The number of carbonyl (C=O) groups is 1. The van der Waals surface area contributed by atoms with Gasteiger partial charge in [-0.1, -0.05) is 48.0 Å². The molecule has 0 atom stereocenters. The third kappa shape index (κ3) is 6.16. The summed E-state index contributed by atoms with van der Waals surface area (Å²) in [7, 11) is 0. The highest BCUT2D eigenvalue weighted by atomic mass is 35.5. The first-order valence-corrected chi connectivity index (χ1v) is 10.4. The molecule has 0 spiro atoms. The van der Waals surface area contributed by atoms with E-state index in [1.54, 1.807) is 12.1 Å². The lowest BCUT2D eigenvalue weighted by atomic mass is 10.1. The standard InChI is InChI=1S/C23H27ClN4O2/c1-2-6-18-8-5-9-19(23(18)30)15-25-26-22(29)17-28-13-11-27(12-14-28)16-20-7-3-4-10-21(20)24/h2-5,7-10,15,30H,1,6,11-14,16-17H2,(H,26,29). The van der Waals surface area contributed by atoms with E-state index in [1.807, 2.05) is 36.4 Å². The van der Waals surface area contributed by atoms with Gasteiger partial charge < -0.3 is 5.11 Å². The predicted octanol–water partition coefficient (Wildman–Crippen LogP) is 3.04. The summed E-state index contributed by atoms with van der Waals surface area (Å²) in [5, 5.41) is 15.0. The molecule has 0 bridgehead atoms. The van der Waals surface area contributed by atoms with Crippen molar-refractivity contribution in [1.82, 2.24) is 15.2 Å². The number of rotatable bonds is 8. The number of benzene rings is 2. The number of phenolic OH excluding ortho intramolecular Hbond substituents is 1. The number of carbonyl (C=O) groups excluding carboxylic acids is 1. The summed E-state index contributed by atoms with van der Waals surface area (Å²) in [6.07, 6.45) is 3.76. The van der Waals surface area contributed by atoms with Crippen molar-refractivity contribution < 1.29 is 9.90 Å². The van der Waals surface area contributed by atoms with Gasteiger partial charge in [0.2, 0.25) is 0 Å². The van der Waals surface area contributed by atoms with Gasteiger partial charge in [-0.25, -0.2) is 5.43 Å². The number of piperazine rings is 1. The molecule has 1 heterocycles. The summed E-state index contributed by atoms with van der Waals surface area (Å²) in [5.74, 6) is -0.0161. The molecule has 3 rings (SSSR count). The number of hydrogen-bond acceptors (Lipinski definition) is 5. The minimum Gasteiger partial charge on any atom is -0.507 e. The maximum atomic E-state index is 12.2. The van der Waals surface area contributed by atoms with Crippen molar-refractivity contribution >= 4 is 23.7 Å². The second kappa shape index (κ2) is 10.9. The van der Waals surface area contributed by atoms with Crippen LogP contribution in [0.2, 0.25) is 5.02 Å². The first kappa shape index (κ1) is 22.0. The Morgan fingerprint density at radius 1 is 1.10 bits per heavy atom. The zero-order valence-electron chi connectivity index (χ0n) is 16.9. The van der Waals surface area contributed by atoms with Crippen LogP contribution in [0.25, 0.3) is 0 Å². The van der Waals surface area contributed by atoms with Gasteiger partial charge in [-0.05, 0) is 29.7 Å². The fraction of sp³-hybridized carbons (Fsp3) is 0.304. The number of nitrogens with zero attached hydrogens (tertiary/aromatic N) is 3. The number of allylic oxidation sites excluding steroid dienone is 1. The number of phenols is 1. The molecule has 158 valence electrons. The van der Waals surface area contributed by atoms with E-state index in [9.17, 15) is 9.90 Å². The lowest BCUT2D eigenvalue weighted by Crippen LogP contribution is -2.48. The van der Waals surface area contributed by atoms with Gasteiger partial charge in [0, 0.05) is 43.3 Å². The average Bonchev–Trinajstić information content (AvgIpc) is 2.74. The van der Waals surface area contributed by atoms with Gasteiger partial charge >= 0.3 is 0 Å². The molecule has 2 aromatic carbocycles. The van der Waals surface area contributed by atoms with Crippen LogP contribution in [0.15, 0.2) is 60.2 Å². The van der Waals surface area contributed by atoms with Crippen LogP contribution in [0.4, 0.5) is 0 Å². The predicted molar refractivity (Wildman–Crippen MR) is 121 cm³/mol. The molecule has 2 aromatic rings. The van der Waals surface area contributed by atoms with E-state index < -0.39 is 0 Å². The highest BCUT2D eigenvalue weighted by Crippen LogP contribution is 2.21. The molecular formula is C23H27ClN4O2. The molecule has 1 amide bonds. The average molecular weight is 427 g/mol. The molecule has 6 nitrogen and oxygen atoms in total. The minimum absolute atomic E-state index is 0.157. The van der Waals surface area contributed by atoms with Crippen molar-refractivity contribution in [3.8, 4) is 5.75 Å². The third-order valence-electron chi connectivity index (χ3n) is 5.09. The van der Waals surface area contributed by atoms with E-state index >= 15 is 0 Å². The maximum Gasteiger partial charge on any atom is 0.254 e. The van der Waals surface area contributed by atoms with Gasteiger partial charge in [-0.2, -0.15) is 5.10 Å². The highest BCUT2D eigenvalue weighted by molar-refractivity contribution is 6.31. The second-order valence-corrected chi connectivity index (χ2v) is 7.69. The Morgan fingerprint density at radius 3 is 2.53 bits per heavy atom. The topological polar surface area (TPSA) is 68.2 Å². The van der Waals surface area contributed by atoms with E-state index in [-0.39, 0.29) is 11.7 Å². The Kier molecular flexibility index (Phi) is 8.02. The molecule has 1 saturated heterocycles. The number of aromatic hydroxyl groups is 1. The van der Waals surface area contributed by atoms with Crippen molar-refractivity contribution in [2.75, 3.05) is 32.7 Å². The zero-order valence-corrected chi connectivity index (χ0v) is 17.7. The molecule has 0 saturated carbocycles. The Bertz CT molecular complexity index is 908. The molecular weight excluding hydrogens is 400 g/mol. The lowest BCUT2D eigenvalue weighted by Gasteiger charge is -2.34. The smallest absolute Gasteiger partial charge is 0.254 e. The number of nitrogens with one attached hydrogen (secondary N) is 1. The fourth-order valence-corrected chi connectivity index (χ4v) is 3.62. The van der Waals surface area contributed by atoms with Crippen LogP contribution in [0.1, 0.15) is 16.7 Å². The summed E-state index contributed by atoms with van der Waals surface area (Å²) in [6.45, 7) is 8.18. The minimum atomic E-state index is -0.174. The van der Waals surface area contributed by atoms with E-state index in [2.05, 4.69) is 26.9 Å². The van der Waals surface area contributed by atoms with Crippen LogP contribution in [-0.4, -0.2) is 59.8 Å². The molecule has 1 fully saturated rings. The van der Waals surface area contributed by atoms with Crippen LogP contribution < -0.4 is 5.43 Å². The SMILES string of the molecule is C=CCc1cccc(C=NNC(=O)CN2CCN(Cc3ccccc3Cl)CC2)c1O. The molecule has 1 aliphatic rings. The summed E-state index contributed by atoms with van der Waals surface area (Å²) in [6, 6.07) is 13.3. The summed E-state index contributed by atoms with van der Waals surface area (Å²) >= 11 is 6.24. The summed E-state index contributed by atoms with van der Waals surface area (Å²) in [5.41, 5.74) is 5.00. The van der Waals surface area contributed by atoms with Crippen LogP contribution in [0.3, 0.4) is 0 Å². The molecule has 30 heavy (non-hydrogen) atoms. The molecule has 1 aliphatic heterocycles.